The lowest BCUT2D eigenvalue weighted by molar-refractivity contribution is -0.384. The molecule has 7 nitrogen and oxygen atoms in total. The van der Waals surface area contributed by atoms with Crippen LogP contribution in [-0.4, -0.2) is 19.6 Å². The SMILES string of the molecule is Cc1ccc(S(=O)(=O)Oc2ccc(Br)cc2C=Nc2ccc([N+](=O)[O-])cc2)cc1. The number of halogens is 1. The summed E-state index contributed by atoms with van der Waals surface area (Å²) in [5.74, 6) is 0.111. The van der Waals surface area contributed by atoms with Gasteiger partial charge in [-0.05, 0) is 49.4 Å². The highest BCUT2D eigenvalue weighted by molar-refractivity contribution is 9.10. The molecule has 0 heterocycles. The molecular weight excluding hydrogens is 460 g/mol. The molecule has 0 N–H and O–H groups in total. The molecule has 0 aliphatic heterocycles. The Hall–Kier alpha value is -3.04. The summed E-state index contributed by atoms with van der Waals surface area (Å²) in [4.78, 5) is 14.5. The van der Waals surface area contributed by atoms with Crippen LogP contribution in [0.25, 0.3) is 0 Å². The first-order chi connectivity index (χ1) is 13.7. The zero-order valence-corrected chi connectivity index (χ0v) is 17.6. The van der Waals surface area contributed by atoms with Gasteiger partial charge >= 0.3 is 10.1 Å². The van der Waals surface area contributed by atoms with Crippen molar-refractivity contribution in [1.29, 1.82) is 0 Å². The largest absolute Gasteiger partial charge is 0.378 e. The van der Waals surface area contributed by atoms with Crippen LogP contribution in [-0.2, 0) is 10.1 Å². The number of hydrogen-bond acceptors (Lipinski definition) is 6. The van der Waals surface area contributed by atoms with Gasteiger partial charge in [0.15, 0.2) is 5.75 Å². The van der Waals surface area contributed by atoms with Gasteiger partial charge in [-0.3, -0.25) is 15.1 Å². The maximum atomic E-state index is 12.6. The molecule has 0 saturated carbocycles. The minimum Gasteiger partial charge on any atom is -0.378 e. The van der Waals surface area contributed by atoms with Crippen LogP contribution in [0.15, 0.2) is 81.1 Å². The second kappa shape index (κ2) is 8.54. The van der Waals surface area contributed by atoms with E-state index in [9.17, 15) is 18.5 Å². The summed E-state index contributed by atoms with van der Waals surface area (Å²) in [7, 11) is -4.02. The number of aliphatic imine (C=N–C) groups is 1. The van der Waals surface area contributed by atoms with Crippen LogP contribution in [0.2, 0.25) is 0 Å². The number of rotatable bonds is 6. The maximum absolute atomic E-state index is 12.6. The first-order valence-electron chi connectivity index (χ1n) is 8.34. The van der Waals surface area contributed by atoms with Crippen molar-refractivity contribution in [3.05, 3.63) is 92.4 Å². The molecule has 0 aromatic heterocycles. The molecule has 0 amide bonds. The number of non-ortho nitro benzene ring substituents is 1. The fraction of sp³-hybridized carbons (Fsp3) is 0.0500. The number of hydrogen-bond donors (Lipinski definition) is 0. The van der Waals surface area contributed by atoms with Crippen molar-refractivity contribution in [2.45, 2.75) is 11.8 Å². The molecule has 0 saturated heterocycles. The number of aryl methyl sites for hydroxylation is 1. The predicted octanol–water partition coefficient (Wildman–Crippen LogP) is 5.18. The third kappa shape index (κ3) is 5.27. The van der Waals surface area contributed by atoms with Crippen LogP contribution in [0.3, 0.4) is 0 Å². The molecular formula is C20H15BrN2O5S. The van der Waals surface area contributed by atoms with Crippen molar-refractivity contribution in [3.63, 3.8) is 0 Å². The highest BCUT2D eigenvalue weighted by Crippen LogP contribution is 2.26. The Morgan fingerprint density at radius 2 is 1.69 bits per heavy atom. The number of nitrogens with zero attached hydrogens (tertiary/aromatic N) is 2. The summed E-state index contributed by atoms with van der Waals surface area (Å²) >= 11 is 3.34. The average molecular weight is 475 g/mol. The van der Waals surface area contributed by atoms with E-state index >= 15 is 0 Å². The van der Waals surface area contributed by atoms with Gasteiger partial charge in [-0.1, -0.05) is 33.6 Å². The molecule has 0 unspecified atom stereocenters. The third-order valence-corrected chi connectivity index (χ3v) is 5.64. The summed E-state index contributed by atoms with van der Waals surface area (Å²) in [5.41, 5.74) is 1.79. The lowest BCUT2D eigenvalue weighted by Gasteiger charge is -2.10. The summed E-state index contributed by atoms with van der Waals surface area (Å²) in [6, 6.07) is 16.9. The van der Waals surface area contributed by atoms with Gasteiger partial charge in [0.2, 0.25) is 0 Å². The molecule has 0 atom stereocenters. The van der Waals surface area contributed by atoms with Crippen LogP contribution in [0.5, 0.6) is 5.75 Å². The lowest BCUT2D eigenvalue weighted by Crippen LogP contribution is -2.11. The van der Waals surface area contributed by atoms with Crippen molar-refractivity contribution in [1.82, 2.24) is 0 Å². The number of nitro benzene ring substituents is 1. The summed E-state index contributed by atoms with van der Waals surface area (Å²) in [6.45, 7) is 1.86. The van der Waals surface area contributed by atoms with Crippen molar-refractivity contribution in [2.24, 2.45) is 4.99 Å². The normalized spacial score (nSPS) is 11.5. The molecule has 148 valence electrons. The fourth-order valence-electron chi connectivity index (χ4n) is 2.37. The van der Waals surface area contributed by atoms with Crippen LogP contribution in [0.1, 0.15) is 11.1 Å². The van der Waals surface area contributed by atoms with Crippen molar-refractivity contribution < 1.29 is 17.5 Å². The zero-order valence-electron chi connectivity index (χ0n) is 15.2. The van der Waals surface area contributed by atoms with Gasteiger partial charge in [-0.2, -0.15) is 8.42 Å². The van der Waals surface area contributed by atoms with E-state index in [1.807, 2.05) is 6.92 Å². The molecule has 29 heavy (non-hydrogen) atoms. The molecule has 9 heteroatoms. The van der Waals surface area contributed by atoms with E-state index in [1.165, 1.54) is 48.7 Å². The van der Waals surface area contributed by atoms with Gasteiger partial charge in [0.05, 0.1) is 10.6 Å². The third-order valence-electron chi connectivity index (χ3n) is 3.89. The van der Waals surface area contributed by atoms with Crippen molar-refractivity contribution in [2.75, 3.05) is 0 Å². The topological polar surface area (TPSA) is 98.9 Å². The monoisotopic (exact) mass is 474 g/mol. The van der Waals surface area contributed by atoms with Crippen LogP contribution in [0, 0.1) is 17.0 Å². The molecule has 0 fully saturated rings. The van der Waals surface area contributed by atoms with E-state index in [2.05, 4.69) is 20.9 Å². The standard InChI is InChI=1S/C20H15BrN2O5S/c1-14-2-9-19(10-3-14)29(26,27)28-20-11-4-16(21)12-15(20)13-22-17-5-7-18(8-6-17)23(24)25/h2-13H,1H3. The van der Waals surface area contributed by atoms with E-state index in [-0.39, 0.29) is 16.3 Å². The number of benzene rings is 3. The Morgan fingerprint density at radius 1 is 1.03 bits per heavy atom. The van der Waals surface area contributed by atoms with Gasteiger partial charge in [0.25, 0.3) is 5.69 Å². The highest BCUT2D eigenvalue weighted by atomic mass is 79.9. The van der Waals surface area contributed by atoms with Crippen molar-refractivity contribution in [3.8, 4) is 5.75 Å². The molecule has 0 radical (unpaired) electrons. The fourth-order valence-corrected chi connectivity index (χ4v) is 3.70. The van der Waals surface area contributed by atoms with Crippen LogP contribution < -0.4 is 4.18 Å². The first kappa shape index (κ1) is 20.7. The maximum Gasteiger partial charge on any atom is 0.339 e. The smallest absolute Gasteiger partial charge is 0.339 e. The second-order valence-corrected chi connectivity index (χ2v) is 8.53. The second-order valence-electron chi connectivity index (χ2n) is 6.06. The Balaban J connectivity index is 1.89. The highest BCUT2D eigenvalue weighted by Gasteiger charge is 2.18. The van der Waals surface area contributed by atoms with Crippen LogP contribution >= 0.6 is 15.9 Å². The Kier molecular flexibility index (Phi) is 6.09. The molecule has 3 aromatic carbocycles. The van der Waals surface area contributed by atoms with Crippen molar-refractivity contribution >= 4 is 43.6 Å². The Bertz CT molecular complexity index is 1170. The molecule has 0 aliphatic carbocycles. The first-order valence-corrected chi connectivity index (χ1v) is 10.5. The minimum atomic E-state index is -4.02. The van der Waals surface area contributed by atoms with Gasteiger partial charge < -0.3 is 4.18 Å². The molecule has 0 spiro atoms. The van der Waals surface area contributed by atoms with E-state index in [4.69, 9.17) is 4.18 Å². The Labute approximate surface area is 176 Å². The van der Waals surface area contributed by atoms with E-state index in [1.54, 1.807) is 24.3 Å². The Morgan fingerprint density at radius 3 is 2.31 bits per heavy atom. The van der Waals surface area contributed by atoms with Gasteiger partial charge in [0, 0.05) is 28.4 Å². The van der Waals surface area contributed by atoms with E-state index in [0.29, 0.717) is 15.7 Å². The zero-order chi connectivity index (χ0) is 21.0. The van der Waals surface area contributed by atoms with E-state index in [0.717, 1.165) is 5.56 Å². The average Bonchev–Trinajstić information content (AvgIpc) is 2.68. The molecule has 3 aromatic rings. The lowest BCUT2D eigenvalue weighted by atomic mass is 10.2. The summed E-state index contributed by atoms with van der Waals surface area (Å²) in [6.07, 6.45) is 1.44. The predicted molar refractivity (Wildman–Crippen MR) is 113 cm³/mol. The quantitative estimate of drug-likeness (QED) is 0.212. The van der Waals surface area contributed by atoms with Gasteiger partial charge in [-0.15, -0.1) is 0 Å². The molecule has 3 rings (SSSR count). The summed E-state index contributed by atoms with van der Waals surface area (Å²) < 4.78 is 31.2. The molecule has 0 bridgehead atoms. The summed E-state index contributed by atoms with van der Waals surface area (Å²) in [5, 5.41) is 10.7. The van der Waals surface area contributed by atoms with E-state index < -0.39 is 15.0 Å². The van der Waals surface area contributed by atoms with Crippen LogP contribution in [0.4, 0.5) is 11.4 Å². The minimum absolute atomic E-state index is 0.0420. The van der Waals surface area contributed by atoms with Gasteiger partial charge in [-0.25, -0.2) is 0 Å². The van der Waals surface area contributed by atoms with Gasteiger partial charge in [0.1, 0.15) is 4.90 Å². The number of nitro groups is 1. The molecule has 0 aliphatic rings.